The minimum absolute atomic E-state index is 0.274. The van der Waals surface area contributed by atoms with Gasteiger partial charge in [-0.1, -0.05) is 23.7 Å². The van der Waals surface area contributed by atoms with E-state index in [2.05, 4.69) is 12.1 Å². The van der Waals surface area contributed by atoms with Crippen LogP contribution in [0.2, 0.25) is 5.02 Å². The summed E-state index contributed by atoms with van der Waals surface area (Å²) >= 11 is 14.3. The van der Waals surface area contributed by atoms with E-state index in [1.807, 2.05) is 30.5 Å². The van der Waals surface area contributed by atoms with Crippen LogP contribution < -0.4 is 4.74 Å². The number of thioether (sulfide) groups is 1. The van der Waals surface area contributed by atoms with E-state index in [9.17, 15) is 0 Å². The van der Waals surface area contributed by atoms with E-state index in [1.54, 1.807) is 24.9 Å². The second kappa shape index (κ2) is 6.56. The molecule has 0 N–H and O–H groups in total. The molecule has 0 spiro atoms. The molecule has 0 saturated carbocycles. The van der Waals surface area contributed by atoms with Crippen LogP contribution in [-0.2, 0) is 0 Å². The van der Waals surface area contributed by atoms with E-state index in [0.717, 1.165) is 16.9 Å². The minimum atomic E-state index is -0.274. The molecular weight excluding hydrogens is 299 g/mol. The molecule has 0 aromatic heterocycles. The Morgan fingerprint density at radius 2 is 1.79 bits per heavy atom. The van der Waals surface area contributed by atoms with Crippen LogP contribution in [0.25, 0.3) is 0 Å². The Hall–Kier alpha value is -0.830. The molecule has 0 bridgehead atoms. The van der Waals surface area contributed by atoms with Crippen molar-refractivity contribution in [3.05, 3.63) is 58.6 Å². The summed E-state index contributed by atoms with van der Waals surface area (Å²) in [5, 5.41) is 0.381. The van der Waals surface area contributed by atoms with Crippen LogP contribution in [0, 0.1) is 0 Å². The lowest BCUT2D eigenvalue weighted by atomic mass is 10.0. The van der Waals surface area contributed by atoms with Crippen molar-refractivity contribution in [3.8, 4) is 5.75 Å². The summed E-state index contributed by atoms with van der Waals surface area (Å²) in [5.41, 5.74) is 1.91. The zero-order chi connectivity index (χ0) is 13.8. The van der Waals surface area contributed by atoms with Crippen LogP contribution in [0.4, 0.5) is 0 Å². The Balaban J connectivity index is 2.36. The molecule has 0 saturated heterocycles. The quantitative estimate of drug-likeness (QED) is 0.552. The van der Waals surface area contributed by atoms with Crippen LogP contribution in [-0.4, -0.2) is 13.4 Å². The molecule has 0 radical (unpaired) electrons. The molecule has 0 amide bonds. The molecule has 1 atom stereocenters. The van der Waals surface area contributed by atoms with Gasteiger partial charge < -0.3 is 4.74 Å². The average Bonchev–Trinajstić information content (AvgIpc) is 2.46. The lowest BCUT2D eigenvalue weighted by molar-refractivity contribution is 0.410. The summed E-state index contributed by atoms with van der Waals surface area (Å²) in [6, 6.07) is 13.7. The highest BCUT2D eigenvalue weighted by Gasteiger charge is 2.16. The largest absolute Gasteiger partial charge is 0.496 e. The first-order chi connectivity index (χ1) is 9.15. The fourth-order valence-corrected chi connectivity index (χ4v) is 2.76. The van der Waals surface area contributed by atoms with Gasteiger partial charge in [0, 0.05) is 15.5 Å². The monoisotopic (exact) mass is 312 g/mol. The third-order valence-corrected chi connectivity index (χ3v) is 4.34. The maximum Gasteiger partial charge on any atom is 0.123 e. The number of ether oxygens (including phenoxy) is 1. The Bertz CT molecular complexity index is 555. The van der Waals surface area contributed by atoms with E-state index in [1.165, 1.54) is 4.90 Å². The summed E-state index contributed by atoms with van der Waals surface area (Å²) < 4.78 is 5.34. The normalized spacial score (nSPS) is 12.2. The van der Waals surface area contributed by atoms with Gasteiger partial charge in [-0.25, -0.2) is 0 Å². The molecule has 0 aliphatic carbocycles. The van der Waals surface area contributed by atoms with Crippen LogP contribution in [0.15, 0.2) is 47.4 Å². The van der Waals surface area contributed by atoms with E-state index in [-0.39, 0.29) is 5.38 Å². The van der Waals surface area contributed by atoms with Gasteiger partial charge in [0.15, 0.2) is 0 Å². The van der Waals surface area contributed by atoms with E-state index in [4.69, 9.17) is 27.9 Å². The lowest BCUT2D eigenvalue weighted by Crippen LogP contribution is -1.97. The number of benzene rings is 2. The van der Waals surface area contributed by atoms with Gasteiger partial charge in [-0.2, -0.15) is 0 Å². The summed E-state index contributed by atoms with van der Waals surface area (Å²) in [5.74, 6) is 0.748. The highest BCUT2D eigenvalue weighted by atomic mass is 35.5. The molecule has 0 fully saturated rings. The zero-order valence-corrected chi connectivity index (χ0v) is 13.0. The highest BCUT2D eigenvalue weighted by molar-refractivity contribution is 7.98. The zero-order valence-electron chi connectivity index (χ0n) is 10.7. The number of alkyl halides is 1. The third kappa shape index (κ3) is 3.38. The number of hydrogen-bond donors (Lipinski definition) is 0. The van der Waals surface area contributed by atoms with Crippen molar-refractivity contribution in [2.45, 2.75) is 10.3 Å². The van der Waals surface area contributed by atoms with Gasteiger partial charge in [0.25, 0.3) is 0 Å². The maximum absolute atomic E-state index is 6.54. The second-order valence-electron chi connectivity index (χ2n) is 4.02. The molecule has 0 heterocycles. The van der Waals surface area contributed by atoms with Gasteiger partial charge in [-0.05, 0) is 42.2 Å². The highest BCUT2D eigenvalue weighted by Crippen LogP contribution is 2.37. The lowest BCUT2D eigenvalue weighted by Gasteiger charge is -2.15. The van der Waals surface area contributed by atoms with Gasteiger partial charge in [0.2, 0.25) is 0 Å². The fourth-order valence-electron chi connectivity index (χ4n) is 1.86. The molecule has 0 aliphatic heterocycles. The number of methoxy groups -OCH3 is 1. The molecule has 100 valence electrons. The first-order valence-electron chi connectivity index (χ1n) is 5.77. The maximum atomic E-state index is 6.54. The topological polar surface area (TPSA) is 9.23 Å². The van der Waals surface area contributed by atoms with Crippen LogP contribution in [0.3, 0.4) is 0 Å². The van der Waals surface area contributed by atoms with Crippen LogP contribution >= 0.6 is 35.0 Å². The predicted octanol–water partition coefficient (Wildman–Crippen LogP) is 5.40. The van der Waals surface area contributed by atoms with Gasteiger partial charge in [-0.15, -0.1) is 23.4 Å². The molecule has 2 aromatic carbocycles. The van der Waals surface area contributed by atoms with E-state index >= 15 is 0 Å². The molecule has 0 aliphatic rings. The van der Waals surface area contributed by atoms with Crippen molar-refractivity contribution < 1.29 is 4.74 Å². The number of halogens is 2. The number of rotatable bonds is 4. The van der Waals surface area contributed by atoms with Crippen molar-refractivity contribution in [2.24, 2.45) is 0 Å². The second-order valence-corrected chi connectivity index (χ2v) is 5.77. The predicted molar refractivity (Wildman–Crippen MR) is 83.9 cm³/mol. The first kappa shape index (κ1) is 14.6. The Morgan fingerprint density at radius 3 is 2.37 bits per heavy atom. The summed E-state index contributed by atoms with van der Waals surface area (Å²) in [6.45, 7) is 0. The van der Waals surface area contributed by atoms with Crippen molar-refractivity contribution in [1.29, 1.82) is 0 Å². The molecule has 19 heavy (non-hydrogen) atoms. The summed E-state index contributed by atoms with van der Waals surface area (Å²) in [7, 11) is 1.63. The molecule has 1 unspecified atom stereocenters. The Kier molecular flexibility index (Phi) is 5.03. The van der Waals surface area contributed by atoms with Crippen LogP contribution in [0.5, 0.6) is 5.75 Å². The van der Waals surface area contributed by atoms with Crippen molar-refractivity contribution in [2.75, 3.05) is 13.4 Å². The fraction of sp³-hybridized carbons (Fsp3) is 0.200. The minimum Gasteiger partial charge on any atom is -0.496 e. The summed E-state index contributed by atoms with van der Waals surface area (Å²) in [4.78, 5) is 1.21. The third-order valence-electron chi connectivity index (χ3n) is 2.87. The van der Waals surface area contributed by atoms with Crippen molar-refractivity contribution in [3.63, 3.8) is 0 Å². The molecular formula is C15H14Cl2OS. The summed E-state index contributed by atoms with van der Waals surface area (Å²) in [6.07, 6.45) is 2.05. The molecule has 4 heteroatoms. The van der Waals surface area contributed by atoms with Crippen molar-refractivity contribution in [1.82, 2.24) is 0 Å². The van der Waals surface area contributed by atoms with Crippen molar-refractivity contribution >= 4 is 35.0 Å². The molecule has 1 nitrogen and oxygen atoms in total. The van der Waals surface area contributed by atoms with E-state index in [0.29, 0.717) is 5.02 Å². The van der Waals surface area contributed by atoms with Gasteiger partial charge in [0.05, 0.1) is 12.5 Å². The van der Waals surface area contributed by atoms with Crippen LogP contribution in [0.1, 0.15) is 16.5 Å². The van der Waals surface area contributed by atoms with Gasteiger partial charge >= 0.3 is 0 Å². The first-order valence-corrected chi connectivity index (χ1v) is 7.81. The number of hydrogen-bond acceptors (Lipinski definition) is 2. The Morgan fingerprint density at radius 1 is 1.11 bits per heavy atom. The average molecular weight is 313 g/mol. The smallest absolute Gasteiger partial charge is 0.123 e. The van der Waals surface area contributed by atoms with Gasteiger partial charge in [-0.3, -0.25) is 0 Å². The molecule has 2 rings (SSSR count). The van der Waals surface area contributed by atoms with E-state index < -0.39 is 0 Å². The Labute approximate surface area is 127 Å². The molecule has 2 aromatic rings. The van der Waals surface area contributed by atoms with Gasteiger partial charge in [0.1, 0.15) is 5.75 Å². The standard InChI is InChI=1S/C15H14Cl2OS/c1-18-14-8-5-11(16)9-13(14)15(17)10-3-6-12(19-2)7-4-10/h3-9,15H,1-2H3. The SMILES string of the molecule is COc1ccc(Cl)cc1C(Cl)c1ccc(SC)cc1.